The van der Waals surface area contributed by atoms with Gasteiger partial charge >= 0.3 is 0 Å². The van der Waals surface area contributed by atoms with Gasteiger partial charge in [-0.1, -0.05) is 37.5 Å². The molecule has 0 bridgehead atoms. The Morgan fingerprint density at radius 1 is 1.21 bits per heavy atom. The molecule has 0 aliphatic rings. The van der Waals surface area contributed by atoms with Crippen molar-refractivity contribution in [3.8, 4) is 0 Å². The Kier molecular flexibility index (Phi) is 6.04. The first-order chi connectivity index (χ1) is 6.63. The van der Waals surface area contributed by atoms with Gasteiger partial charge in [0.2, 0.25) is 0 Å². The largest absolute Gasteiger partial charge is 0.299 e. The molecule has 0 saturated heterocycles. The van der Waals surface area contributed by atoms with Gasteiger partial charge in [0.05, 0.1) is 0 Å². The average molecular weight is 188 g/mol. The lowest BCUT2D eigenvalue weighted by atomic mass is 10.0. The van der Waals surface area contributed by atoms with Gasteiger partial charge in [0.25, 0.3) is 0 Å². The molecule has 0 radical (unpaired) electrons. The molecule has 0 fully saturated rings. The van der Waals surface area contributed by atoms with Crippen molar-refractivity contribution >= 4 is 6.29 Å². The van der Waals surface area contributed by atoms with Crippen LogP contribution in [-0.2, 0) is 4.79 Å². The van der Waals surface area contributed by atoms with Crippen LogP contribution in [0.5, 0.6) is 0 Å². The van der Waals surface area contributed by atoms with Crippen molar-refractivity contribution in [3.05, 3.63) is 60.3 Å². The highest BCUT2D eigenvalue weighted by Crippen LogP contribution is 2.16. The molecule has 0 aliphatic heterocycles. The normalized spacial score (nSPS) is 12.3. The van der Waals surface area contributed by atoms with Crippen molar-refractivity contribution in [1.29, 1.82) is 0 Å². The minimum atomic E-state index is 0.726. The molecule has 0 spiro atoms. The molecule has 0 N–H and O–H groups in total. The number of allylic oxidation sites excluding steroid dienone is 8. The Labute approximate surface area is 85.8 Å². The quantitative estimate of drug-likeness (QED) is 0.367. The molecule has 1 heteroatoms. The fourth-order valence-corrected chi connectivity index (χ4v) is 0.850. The molecular formula is C13H16O. The minimum absolute atomic E-state index is 0.726. The molecule has 0 aliphatic carbocycles. The lowest BCUT2D eigenvalue weighted by Crippen LogP contribution is -1.85. The third-order valence-electron chi connectivity index (χ3n) is 1.78. The zero-order valence-electron chi connectivity index (χ0n) is 8.79. The van der Waals surface area contributed by atoms with Gasteiger partial charge in [-0.3, -0.25) is 4.79 Å². The van der Waals surface area contributed by atoms with E-state index in [1.807, 2.05) is 32.1 Å². The molecule has 0 heterocycles. The molecule has 0 aromatic carbocycles. The van der Waals surface area contributed by atoms with Gasteiger partial charge in [-0.2, -0.15) is 0 Å². The highest BCUT2D eigenvalue weighted by atomic mass is 16.1. The van der Waals surface area contributed by atoms with E-state index in [0.717, 1.165) is 23.0 Å². The third-order valence-corrected chi connectivity index (χ3v) is 1.78. The smallest absolute Gasteiger partial charge is 0.142 e. The van der Waals surface area contributed by atoms with E-state index in [0.29, 0.717) is 0 Å². The van der Waals surface area contributed by atoms with Crippen LogP contribution in [0.1, 0.15) is 13.8 Å². The molecule has 74 valence electrons. The zero-order valence-corrected chi connectivity index (χ0v) is 8.79. The molecular weight excluding hydrogens is 172 g/mol. The van der Waals surface area contributed by atoms with Crippen LogP contribution in [0.3, 0.4) is 0 Å². The Balaban J connectivity index is 4.54. The van der Waals surface area contributed by atoms with Gasteiger partial charge in [-0.05, 0) is 36.6 Å². The van der Waals surface area contributed by atoms with Crippen molar-refractivity contribution in [2.45, 2.75) is 13.8 Å². The fraction of sp³-hybridized carbons (Fsp3) is 0.154. The second kappa shape index (κ2) is 6.84. The van der Waals surface area contributed by atoms with Crippen LogP contribution < -0.4 is 0 Å². The monoisotopic (exact) mass is 188 g/mol. The summed E-state index contributed by atoms with van der Waals surface area (Å²) in [6.07, 6.45) is 9.64. The Hall–Kier alpha value is -1.63. The van der Waals surface area contributed by atoms with Crippen molar-refractivity contribution < 1.29 is 4.79 Å². The Morgan fingerprint density at radius 2 is 1.86 bits per heavy atom. The van der Waals surface area contributed by atoms with E-state index in [1.54, 1.807) is 6.08 Å². The van der Waals surface area contributed by atoms with Crippen LogP contribution in [0, 0.1) is 0 Å². The number of hydrogen-bond donors (Lipinski definition) is 0. The number of hydrogen-bond acceptors (Lipinski definition) is 1. The van der Waals surface area contributed by atoms with Crippen LogP contribution in [-0.4, -0.2) is 6.29 Å². The van der Waals surface area contributed by atoms with Crippen LogP contribution in [0.4, 0.5) is 0 Å². The van der Waals surface area contributed by atoms with E-state index >= 15 is 0 Å². The maximum atomic E-state index is 10.1. The molecule has 14 heavy (non-hydrogen) atoms. The predicted octanol–water partition coefficient (Wildman–Crippen LogP) is 3.38. The highest BCUT2D eigenvalue weighted by molar-refractivity contribution is 5.67. The molecule has 0 saturated carbocycles. The van der Waals surface area contributed by atoms with Crippen LogP contribution in [0.2, 0.25) is 0 Å². The maximum absolute atomic E-state index is 10.1. The van der Waals surface area contributed by atoms with Gasteiger partial charge in [0.15, 0.2) is 0 Å². The van der Waals surface area contributed by atoms with E-state index in [1.165, 1.54) is 6.08 Å². The number of rotatable bonds is 5. The average Bonchev–Trinajstić information content (AvgIpc) is 2.21. The molecule has 0 amide bonds. The topological polar surface area (TPSA) is 17.1 Å². The molecule has 0 rings (SSSR count). The first kappa shape index (κ1) is 12.4. The summed E-state index contributed by atoms with van der Waals surface area (Å²) in [6, 6.07) is 0. The van der Waals surface area contributed by atoms with Crippen molar-refractivity contribution in [1.82, 2.24) is 0 Å². The predicted molar refractivity (Wildman–Crippen MR) is 62.1 cm³/mol. The molecule has 1 nitrogen and oxygen atoms in total. The Morgan fingerprint density at radius 3 is 2.36 bits per heavy atom. The van der Waals surface area contributed by atoms with Gasteiger partial charge < -0.3 is 0 Å². The van der Waals surface area contributed by atoms with Gasteiger partial charge in [-0.15, -0.1) is 0 Å². The first-order valence-corrected chi connectivity index (χ1v) is 4.43. The van der Waals surface area contributed by atoms with Crippen LogP contribution in [0.15, 0.2) is 60.3 Å². The van der Waals surface area contributed by atoms with Crippen LogP contribution in [0.25, 0.3) is 0 Å². The minimum Gasteiger partial charge on any atom is -0.299 e. The Bertz CT molecular complexity index is 314. The number of aldehydes is 1. The van der Waals surface area contributed by atoms with E-state index in [2.05, 4.69) is 13.2 Å². The van der Waals surface area contributed by atoms with Gasteiger partial charge in [-0.25, -0.2) is 0 Å². The summed E-state index contributed by atoms with van der Waals surface area (Å²) in [5.41, 5.74) is 2.65. The lowest BCUT2D eigenvalue weighted by Gasteiger charge is -2.04. The third kappa shape index (κ3) is 4.41. The molecule has 0 aromatic heterocycles. The molecule has 0 aromatic rings. The summed E-state index contributed by atoms with van der Waals surface area (Å²) in [5.74, 6) is 0. The SMILES string of the molecule is C=C(/C=C\C=O)C(=C)/C(C)=C\C=C/C. The van der Waals surface area contributed by atoms with E-state index in [4.69, 9.17) is 0 Å². The van der Waals surface area contributed by atoms with Gasteiger partial charge in [0.1, 0.15) is 6.29 Å². The second-order valence-electron chi connectivity index (χ2n) is 2.87. The summed E-state index contributed by atoms with van der Waals surface area (Å²) in [4.78, 5) is 10.1. The van der Waals surface area contributed by atoms with Crippen molar-refractivity contribution in [3.63, 3.8) is 0 Å². The van der Waals surface area contributed by atoms with E-state index in [9.17, 15) is 4.79 Å². The summed E-state index contributed by atoms with van der Waals surface area (Å²) in [5, 5.41) is 0. The van der Waals surface area contributed by atoms with Crippen molar-refractivity contribution in [2.24, 2.45) is 0 Å². The van der Waals surface area contributed by atoms with E-state index < -0.39 is 0 Å². The number of carbonyl (C=O) groups is 1. The van der Waals surface area contributed by atoms with Crippen molar-refractivity contribution in [2.75, 3.05) is 0 Å². The van der Waals surface area contributed by atoms with E-state index in [-0.39, 0.29) is 0 Å². The zero-order chi connectivity index (χ0) is 11.0. The summed E-state index contributed by atoms with van der Waals surface area (Å²) >= 11 is 0. The standard InChI is InChI=1S/C13H16O/c1-5-6-8-11(2)13(4)12(3)9-7-10-14/h5-10H,3-4H2,1-2H3/b6-5-,9-7-,11-8-. The molecule has 0 atom stereocenters. The molecule has 0 unspecified atom stereocenters. The summed E-state index contributed by atoms with van der Waals surface area (Å²) in [7, 11) is 0. The summed E-state index contributed by atoms with van der Waals surface area (Å²) in [6.45, 7) is 11.6. The van der Waals surface area contributed by atoms with Crippen LogP contribution >= 0.6 is 0 Å². The fourth-order valence-electron chi connectivity index (χ4n) is 0.850. The highest BCUT2D eigenvalue weighted by Gasteiger charge is 1.97. The summed E-state index contributed by atoms with van der Waals surface area (Å²) < 4.78 is 0. The maximum Gasteiger partial charge on any atom is 0.142 e. The lowest BCUT2D eigenvalue weighted by molar-refractivity contribution is -0.104. The number of carbonyl (C=O) groups excluding carboxylic acids is 1. The second-order valence-corrected chi connectivity index (χ2v) is 2.87. The first-order valence-electron chi connectivity index (χ1n) is 4.43. The van der Waals surface area contributed by atoms with Gasteiger partial charge in [0, 0.05) is 0 Å².